The van der Waals surface area contributed by atoms with E-state index in [4.69, 9.17) is 23.1 Å². The molecule has 2 heterocycles. The lowest BCUT2D eigenvalue weighted by Crippen LogP contribution is -2.35. The first kappa shape index (κ1) is 21.2. The maximum Gasteiger partial charge on any atom is 0.362 e. The fourth-order valence-electron chi connectivity index (χ4n) is 3.13. The molecule has 0 aliphatic carbocycles. The zero-order valence-corrected chi connectivity index (χ0v) is 17.6. The summed E-state index contributed by atoms with van der Waals surface area (Å²) in [7, 11) is 0. The molecule has 0 aliphatic rings. The molecule has 164 valence electrons. The Balaban J connectivity index is 1.77. The molecule has 0 spiro atoms. The number of esters is 2. The van der Waals surface area contributed by atoms with Crippen LogP contribution in [-0.2, 0) is 23.9 Å². The lowest BCUT2D eigenvalue weighted by Gasteiger charge is -2.12. The third-order valence-electron chi connectivity index (χ3n) is 4.57. The number of hydrogen-bond donors (Lipinski definition) is 0. The molecule has 0 fully saturated rings. The van der Waals surface area contributed by atoms with Crippen LogP contribution in [0.3, 0.4) is 0 Å². The summed E-state index contributed by atoms with van der Waals surface area (Å²) in [6, 6.07) is 18.4. The molecule has 0 N–H and O–H groups in total. The van der Waals surface area contributed by atoms with E-state index in [2.05, 4.69) is 5.16 Å². The van der Waals surface area contributed by atoms with Crippen molar-refractivity contribution in [1.29, 1.82) is 0 Å². The van der Waals surface area contributed by atoms with E-state index in [0.29, 0.717) is 22.7 Å². The molecule has 8 heteroatoms. The summed E-state index contributed by atoms with van der Waals surface area (Å²) in [4.78, 5) is 29.9. The van der Waals surface area contributed by atoms with E-state index in [-0.39, 0.29) is 18.9 Å². The predicted molar refractivity (Wildman–Crippen MR) is 116 cm³/mol. The van der Waals surface area contributed by atoms with Gasteiger partial charge in [-0.2, -0.15) is 0 Å². The van der Waals surface area contributed by atoms with Crippen LogP contribution in [0.1, 0.15) is 25.4 Å². The molecule has 0 saturated heterocycles. The van der Waals surface area contributed by atoms with Crippen molar-refractivity contribution in [2.75, 3.05) is 13.2 Å². The standard InChI is InChI=1S/C24H21NO7/c1-3-28-23(26)22(24(27)29-4-2)32-25-21(19-13-15-9-5-7-11-17(15)30-19)20-14-16-10-6-8-12-18(16)31-20/h5-14,22H,3-4H2,1-2H3. The van der Waals surface area contributed by atoms with Gasteiger partial charge < -0.3 is 23.1 Å². The van der Waals surface area contributed by atoms with E-state index in [0.717, 1.165) is 10.8 Å². The third kappa shape index (κ3) is 4.34. The van der Waals surface area contributed by atoms with Gasteiger partial charge in [0.15, 0.2) is 17.2 Å². The molecular weight excluding hydrogens is 414 g/mol. The lowest BCUT2D eigenvalue weighted by molar-refractivity contribution is -0.172. The lowest BCUT2D eigenvalue weighted by atomic mass is 10.2. The van der Waals surface area contributed by atoms with Crippen LogP contribution in [0.2, 0.25) is 0 Å². The van der Waals surface area contributed by atoms with Gasteiger partial charge in [0.2, 0.25) is 0 Å². The number of oxime groups is 1. The van der Waals surface area contributed by atoms with Crippen LogP contribution in [0, 0.1) is 0 Å². The summed E-state index contributed by atoms with van der Waals surface area (Å²) in [5.74, 6) is -1.11. The molecule has 2 aromatic heterocycles. The number of furan rings is 2. The number of fused-ring (bicyclic) bond motifs is 2. The minimum Gasteiger partial charge on any atom is -0.463 e. The van der Waals surface area contributed by atoms with Gasteiger partial charge in [-0.25, -0.2) is 9.59 Å². The van der Waals surface area contributed by atoms with Crippen LogP contribution in [0.5, 0.6) is 0 Å². The van der Waals surface area contributed by atoms with Crippen molar-refractivity contribution in [2.45, 2.75) is 20.0 Å². The second-order valence-corrected chi connectivity index (χ2v) is 6.73. The highest BCUT2D eigenvalue weighted by atomic mass is 16.7. The molecule has 4 aromatic rings. The molecule has 32 heavy (non-hydrogen) atoms. The number of para-hydroxylation sites is 2. The summed E-state index contributed by atoms with van der Waals surface area (Å²) < 4.78 is 21.7. The molecule has 0 radical (unpaired) electrons. The Morgan fingerprint density at radius 1 is 0.812 bits per heavy atom. The van der Waals surface area contributed by atoms with E-state index in [1.165, 1.54) is 0 Å². The van der Waals surface area contributed by atoms with Crippen LogP contribution in [0.15, 0.2) is 74.7 Å². The van der Waals surface area contributed by atoms with Crippen LogP contribution >= 0.6 is 0 Å². The van der Waals surface area contributed by atoms with Crippen molar-refractivity contribution >= 4 is 39.6 Å². The van der Waals surface area contributed by atoms with E-state index >= 15 is 0 Å². The van der Waals surface area contributed by atoms with Crippen LogP contribution in [0.4, 0.5) is 0 Å². The van der Waals surface area contributed by atoms with E-state index in [9.17, 15) is 9.59 Å². The Kier molecular flexibility index (Phi) is 6.21. The summed E-state index contributed by atoms with van der Waals surface area (Å²) in [5, 5.41) is 5.78. The number of benzene rings is 2. The Labute approximate surface area is 183 Å². The molecule has 0 unspecified atom stereocenters. The first-order valence-electron chi connectivity index (χ1n) is 10.2. The zero-order chi connectivity index (χ0) is 22.5. The first-order chi connectivity index (χ1) is 15.6. The highest BCUT2D eigenvalue weighted by Gasteiger charge is 2.33. The smallest absolute Gasteiger partial charge is 0.362 e. The van der Waals surface area contributed by atoms with Crippen molar-refractivity contribution in [2.24, 2.45) is 5.16 Å². The summed E-state index contributed by atoms with van der Waals surface area (Å²) >= 11 is 0. The number of carbonyl (C=O) groups excluding carboxylic acids is 2. The normalized spacial score (nSPS) is 11.0. The van der Waals surface area contributed by atoms with Crippen molar-refractivity contribution in [3.05, 3.63) is 72.2 Å². The number of nitrogens with zero attached hydrogens (tertiary/aromatic N) is 1. The van der Waals surface area contributed by atoms with Crippen molar-refractivity contribution in [1.82, 2.24) is 0 Å². The van der Waals surface area contributed by atoms with Gasteiger partial charge >= 0.3 is 18.0 Å². The van der Waals surface area contributed by atoms with Gasteiger partial charge in [-0.15, -0.1) is 0 Å². The average molecular weight is 435 g/mol. The number of hydrogen-bond acceptors (Lipinski definition) is 8. The topological polar surface area (TPSA) is 100 Å². The maximum absolute atomic E-state index is 12.3. The molecule has 8 nitrogen and oxygen atoms in total. The van der Waals surface area contributed by atoms with Crippen molar-refractivity contribution in [3.8, 4) is 0 Å². The second kappa shape index (κ2) is 9.38. The Morgan fingerprint density at radius 3 is 1.72 bits per heavy atom. The zero-order valence-electron chi connectivity index (χ0n) is 17.6. The second-order valence-electron chi connectivity index (χ2n) is 6.73. The maximum atomic E-state index is 12.3. The van der Waals surface area contributed by atoms with Crippen LogP contribution in [-0.4, -0.2) is 37.0 Å². The highest BCUT2D eigenvalue weighted by molar-refractivity contribution is 6.12. The van der Waals surface area contributed by atoms with Gasteiger partial charge in [-0.05, 0) is 38.1 Å². The Bertz CT molecular complexity index is 1120. The fourth-order valence-corrected chi connectivity index (χ4v) is 3.13. The highest BCUT2D eigenvalue weighted by Crippen LogP contribution is 2.26. The Hall–Kier alpha value is -4.07. The Morgan fingerprint density at radius 2 is 1.28 bits per heavy atom. The molecular formula is C24H21NO7. The quantitative estimate of drug-likeness (QED) is 0.174. The van der Waals surface area contributed by atoms with Gasteiger partial charge in [0, 0.05) is 10.8 Å². The van der Waals surface area contributed by atoms with E-state index in [1.807, 2.05) is 48.5 Å². The number of ether oxygens (including phenoxy) is 2. The summed E-state index contributed by atoms with van der Waals surface area (Å²) in [6.07, 6.45) is -1.68. The van der Waals surface area contributed by atoms with Gasteiger partial charge in [0.25, 0.3) is 0 Å². The van der Waals surface area contributed by atoms with Crippen molar-refractivity contribution in [3.63, 3.8) is 0 Å². The van der Waals surface area contributed by atoms with Gasteiger partial charge in [-0.3, -0.25) is 0 Å². The molecule has 2 aromatic carbocycles. The molecule has 0 bridgehead atoms. The fraction of sp³-hybridized carbons (Fsp3) is 0.208. The molecule has 0 saturated carbocycles. The first-order valence-corrected chi connectivity index (χ1v) is 10.2. The van der Waals surface area contributed by atoms with E-state index in [1.54, 1.807) is 26.0 Å². The molecule has 0 aliphatic heterocycles. The van der Waals surface area contributed by atoms with Gasteiger partial charge in [-0.1, -0.05) is 41.6 Å². The minimum atomic E-state index is -1.68. The average Bonchev–Trinajstić information content (AvgIpc) is 3.40. The molecule has 0 amide bonds. The van der Waals surface area contributed by atoms with Crippen LogP contribution in [0.25, 0.3) is 21.9 Å². The predicted octanol–water partition coefficient (Wildman–Crippen LogP) is 4.44. The van der Waals surface area contributed by atoms with E-state index < -0.39 is 18.0 Å². The van der Waals surface area contributed by atoms with Crippen molar-refractivity contribution < 1.29 is 32.7 Å². The van der Waals surface area contributed by atoms with Gasteiger partial charge in [0.1, 0.15) is 11.2 Å². The number of rotatable bonds is 8. The molecule has 0 atom stereocenters. The largest absolute Gasteiger partial charge is 0.463 e. The SMILES string of the molecule is CCOC(=O)C(ON=C(c1cc2ccccc2o1)c1cc2ccccc2o1)C(=O)OCC. The third-order valence-corrected chi connectivity index (χ3v) is 4.57. The molecule has 4 rings (SSSR count). The van der Waals surface area contributed by atoms with Gasteiger partial charge in [0.05, 0.1) is 13.2 Å². The van der Waals surface area contributed by atoms with Crippen LogP contribution < -0.4 is 0 Å². The monoisotopic (exact) mass is 435 g/mol. The summed E-state index contributed by atoms with van der Waals surface area (Å²) in [5.41, 5.74) is 1.45. The minimum absolute atomic E-state index is 0.0712. The number of carbonyl (C=O) groups is 2. The summed E-state index contributed by atoms with van der Waals surface area (Å²) in [6.45, 7) is 3.39.